The summed E-state index contributed by atoms with van der Waals surface area (Å²) in [7, 11) is 1.53. The van der Waals surface area contributed by atoms with Crippen LogP contribution in [0.2, 0.25) is 5.02 Å². The molecule has 2 aromatic rings. The van der Waals surface area contributed by atoms with E-state index in [0.717, 1.165) is 48.7 Å². The fourth-order valence-electron chi connectivity index (χ4n) is 4.51. The van der Waals surface area contributed by atoms with Gasteiger partial charge in [-0.15, -0.1) is 0 Å². The number of phenolic OH excluding ortho intramolecular Hbond substituents is 1. The van der Waals surface area contributed by atoms with Gasteiger partial charge < -0.3 is 29.9 Å². The van der Waals surface area contributed by atoms with Crippen LogP contribution >= 0.6 is 11.6 Å². The second kappa shape index (κ2) is 8.81. The molecule has 1 spiro atoms. The second-order valence-electron chi connectivity index (χ2n) is 9.04. The highest BCUT2D eigenvalue weighted by Gasteiger charge is 2.42. The average Bonchev–Trinajstić information content (AvgIpc) is 3.10. The number of nitrogens with one attached hydrogen (secondary N) is 1. The summed E-state index contributed by atoms with van der Waals surface area (Å²) in [6.45, 7) is 3.73. The molecule has 1 fully saturated rings. The molecule has 0 aromatic heterocycles. The number of β-amino-alcohol motifs (C(OH)–C–C–N with tert-alkyl or cyclic N) is 1. The summed E-state index contributed by atoms with van der Waals surface area (Å²) in [5.41, 5.74) is 0.127. The Hall–Kier alpha value is -2.48. The predicted molar refractivity (Wildman–Crippen MR) is 122 cm³/mol. The SMILES string of the molecule is CNC(=O)c1ccc(O)cc1OCC(C)(O)CN1CCC2(CC1)Cc1cc(Cl)ccc1O2. The van der Waals surface area contributed by atoms with Crippen molar-refractivity contribution in [3.8, 4) is 17.2 Å². The van der Waals surface area contributed by atoms with E-state index in [1.807, 2.05) is 18.2 Å². The predicted octanol–water partition coefficient (Wildman–Crippen LogP) is 3.00. The molecule has 0 bridgehead atoms. The highest BCUT2D eigenvalue weighted by atomic mass is 35.5. The van der Waals surface area contributed by atoms with Crippen LogP contribution in [0.4, 0.5) is 0 Å². The monoisotopic (exact) mass is 460 g/mol. The molecule has 1 amide bonds. The van der Waals surface area contributed by atoms with Gasteiger partial charge in [0.05, 0.1) is 5.56 Å². The molecule has 0 saturated carbocycles. The molecule has 1 unspecified atom stereocenters. The summed E-state index contributed by atoms with van der Waals surface area (Å²) in [6, 6.07) is 10.1. The number of piperidine rings is 1. The first kappa shape index (κ1) is 22.7. The van der Waals surface area contributed by atoms with E-state index in [9.17, 15) is 15.0 Å². The third-order valence-corrected chi connectivity index (χ3v) is 6.40. The molecule has 0 radical (unpaired) electrons. The Morgan fingerprint density at radius 2 is 2.03 bits per heavy atom. The van der Waals surface area contributed by atoms with Crippen LogP contribution in [0.25, 0.3) is 0 Å². The van der Waals surface area contributed by atoms with Crippen molar-refractivity contribution in [1.82, 2.24) is 10.2 Å². The van der Waals surface area contributed by atoms with Crippen LogP contribution in [0.3, 0.4) is 0 Å². The van der Waals surface area contributed by atoms with Gasteiger partial charge in [-0.3, -0.25) is 4.79 Å². The highest BCUT2D eigenvalue weighted by Crippen LogP contribution is 2.42. The van der Waals surface area contributed by atoms with Crippen LogP contribution in [-0.2, 0) is 6.42 Å². The molecular weight excluding hydrogens is 432 g/mol. The number of fused-ring (bicyclic) bond motifs is 1. The van der Waals surface area contributed by atoms with Gasteiger partial charge in [-0.05, 0) is 42.8 Å². The molecule has 172 valence electrons. The molecule has 4 rings (SSSR count). The van der Waals surface area contributed by atoms with Crippen molar-refractivity contribution >= 4 is 17.5 Å². The number of nitrogens with zero attached hydrogens (tertiary/aromatic N) is 1. The summed E-state index contributed by atoms with van der Waals surface area (Å²) in [4.78, 5) is 14.3. The van der Waals surface area contributed by atoms with E-state index in [1.165, 1.54) is 25.2 Å². The number of rotatable bonds is 6. The zero-order chi connectivity index (χ0) is 22.9. The molecule has 32 heavy (non-hydrogen) atoms. The van der Waals surface area contributed by atoms with Gasteiger partial charge in [0.1, 0.15) is 35.1 Å². The lowest BCUT2D eigenvalue weighted by Gasteiger charge is -2.41. The molecule has 1 atom stereocenters. The number of hydrogen-bond acceptors (Lipinski definition) is 6. The molecule has 8 heteroatoms. The number of hydrogen-bond donors (Lipinski definition) is 3. The lowest BCUT2D eigenvalue weighted by molar-refractivity contribution is -0.0431. The smallest absolute Gasteiger partial charge is 0.254 e. The number of halogens is 1. The zero-order valence-corrected chi connectivity index (χ0v) is 19.1. The second-order valence-corrected chi connectivity index (χ2v) is 9.47. The van der Waals surface area contributed by atoms with E-state index >= 15 is 0 Å². The van der Waals surface area contributed by atoms with Crippen molar-refractivity contribution in [2.24, 2.45) is 0 Å². The van der Waals surface area contributed by atoms with Crippen molar-refractivity contribution < 1.29 is 24.5 Å². The third kappa shape index (κ3) is 4.95. The Morgan fingerprint density at radius 3 is 2.75 bits per heavy atom. The van der Waals surface area contributed by atoms with Gasteiger partial charge in [0.25, 0.3) is 5.91 Å². The molecule has 2 aromatic carbocycles. The van der Waals surface area contributed by atoms with Gasteiger partial charge in [-0.25, -0.2) is 0 Å². The molecule has 2 aliphatic heterocycles. The molecule has 0 aliphatic carbocycles. The average molecular weight is 461 g/mol. The van der Waals surface area contributed by atoms with Gasteiger partial charge in [0, 0.05) is 57.0 Å². The minimum atomic E-state index is -1.14. The molecule has 7 nitrogen and oxygen atoms in total. The molecule has 1 saturated heterocycles. The van der Waals surface area contributed by atoms with E-state index in [2.05, 4.69) is 10.2 Å². The Labute approximate surface area is 192 Å². The fourth-order valence-corrected chi connectivity index (χ4v) is 4.71. The molecule has 2 heterocycles. The Morgan fingerprint density at radius 1 is 1.28 bits per heavy atom. The van der Waals surface area contributed by atoms with Crippen molar-refractivity contribution in [3.63, 3.8) is 0 Å². The van der Waals surface area contributed by atoms with Crippen LogP contribution in [-0.4, -0.2) is 65.5 Å². The Bertz CT molecular complexity index is 1000. The summed E-state index contributed by atoms with van der Waals surface area (Å²) in [6.07, 6.45) is 2.59. The number of amides is 1. The fraction of sp³-hybridized carbons (Fsp3) is 0.458. The minimum absolute atomic E-state index is 0.00697. The van der Waals surface area contributed by atoms with Crippen molar-refractivity contribution in [2.45, 2.75) is 37.4 Å². The quantitative estimate of drug-likeness (QED) is 0.614. The molecular formula is C24H29ClN2O5. The van der Waals surface area contributed by atoms with Crippen LogP contribution in [0.1, 0.15) is 35.7 Å². The lowest BCUT2D eigenvalue weighted by atomic mass is 9.86. The number of benzene rings is 2. The van der Waals surface area contributed by atoms with E-state index in [-0.39, 0.29) is 29.6 Å². The summed E-state index contributed by atoms with van der Waals surface area (Å²) < 4.78 is 12.1. The topological polar surface area (TPSA) is 91.3 Å². The maximum absolute atomic E-state index is 12.0. The standard InChI is InChI=1S/C24H29ClN2O5/c1-23(30,15-31-21-12-18(28)4-5-19(21)22(29)26-2)14-27-9-7-24(8-10-27)13-16-11-17(25)3-6-20(16)32-24/h3-6,11-12,28,30H,7-10,13-15H2,1-2H3,(H,26,29). The number of carbonyl (C=O) groups is 1. The maximum atomic E-state index is 12.0. The largest absolute Gasteiger partial charge is 0.508 e. The van der Waals surface area contributed by atoms with E-state index in [4.69, 9.17) is 21.1 Å². The van der Waals surface area contributed by atoms with E-state index in [0.29, 0.717) is 12.1 Å². The van der Waals surface area contributed by atoms with Crippen LogP contribution in [0, 0.1) is 0 Å². The minimum Gasteiger partial charge on any atom is -0.508 e. The van der Waals surface area contributed by atoms with E-state index in [1.54, 1.807) is 6.92 Å². The number of aromatic hydroxyl groups is 1. The van der Waals surface area contributed by atoms with Crippen molar-refractivity contribution in [1.29, 1.82) is 0 Å². The normalized spacial score (nSPS) is 19.1. The van der Waals surface area contributed by atoms with Crippen molar-refractivity contribution in [2.75, 3.05) is 33.3 Å². The van der Waals surface area contributed by atoms with E-state index < -0.39 is 5.60 Å². The van der Waals surface area contributed by atoms with Gasteiger partial charge in [0.15, 0.2) is 0 Å². The number of phenols is 1. The summed E-state index contributed by atoms with van der Waals surface area (Å²) >= 11 is 6.12. The summed E-state index contributed by atoms with van der Waals surface area (Å²) in [5, 5.41) is 24.0. The third-order valence-electron chi connectivity index (χ3n) is 6.17. The number of carbonyl (C=O) groups excluding carboxylic acids is 1. The Balaban J connectivity index is 1.33. The van der Waals surface area contributed by atoms with Gasteiger partial charge in [-0.1, -0.05) is 11.6 Å². The number of ether oxygens (including phenoxy) is 2. The number of aliphatic hydroxyl groups is 1. The zero-order valence-electron chi connectivity index (χ0n) is 18.4. The maximum Gasteiger partial charge on any atom is 0.254 e. The first-order valence-electron chi connectivity index (χ1n) is 10.8. The van der Waals surface area contributed by atoms with Gasteiger partial charge in [-0.2, -0.15) is 0 Å². The van der Waals surface area contributed by atoms with Crippen LogP contribution < -0.4 is 14.8 Å². The van der Waals surface area contributed by atoms with Crippen molar-refractivity contribution in [3.05, 3.63) is 52.5 Å². The molecule has 3 N–H and O–H groups in total. The Kier molecular flexibility index (Phi) is 6.25. The molecule has 2 aliphatic rings. The highest BCUT2D eigenvalue weighted by molar-refractivity contribution is 6.30. The lowest BCUT2D eigenvalue weighted by Crippen LogP contribution is -2.52. The summed E-state index contributed by atoms with van der Waals surface area (Å²) in [5.74, 6) is 0.826. The van der Waals surface area contributed by atoms with Gasteiger partial charge >= 0.3 is 0 Å². The van der Waals surface area contributed by atoms with Crippen LogP contribution in [0.5, 0.6) is 17.2 Å². The number of likely N-dealkylation sites (tertiary alicyclic amines) is 1. The first-order valence-corrected chi connectivity index (χ1v) is 11.2. The first-order chi connectivity index (χ1) is 15.2. The van der Waals surface area contributed by atoms with Crippen LogP contribution in [0.15, 0.2) is 36.4 Å². The van der Waals surface area contributed by atoms with Gasteiger partial charge in [0.2, 0.25) is 0 Å².